The van der Waals surface area contributed by atoms with Crippen molar-refractivity contribution in [2.24, 2.45) is 5.73 Å². The number of carbonyl (C=O) groups is 3. The second kappa shape index (κ2) is 8.65. The molecule has 1 aromatic carbocycles. The number of carboxylic acid groups (broad SMARTS) is 1. The lowest BCUT2D eigenvalue weighted by molar-refractivity contribution is -0.142. The number of hydrogen-bond donors (Lipinski definition) is 6. The highest BCUT2D eigenvalue weighted by Gasteiger charge is 2.30. The molecule has 0 aliphatic carbocycles. The molecule has 0 bridgehead atoms. The third-order valence-electron chi connectivity index (χ3n) is 4.19. The van der Waals surface area contributed by atoms with Gasteiger partial charge in [-0.05, 0) is 25.5 Å². The number of H-pyrrole nitrogens is 1. The summed E-state index contributed by atoms with van der Waals surface area (Å²) in [4.78, 5) is 38.9. The van der Waals surface area contributed by atoms with Gasteiger partial charge in [-0.25, -0.2) is 4.79 Å². The Morgan fingerprint density at radius 3 is 2.41 bits per heavy atom. The Bertz CT molecular complexity index is 830. The van der Waals surface area contributed by atoms with E-state index in [1.54, 1.807) is 6.20 Å². The van der Waals surface area contributed by atoms with E-state index in [0.717, 1.165) is 16.5 Å². The molecule has 7 N–H and O–H groups in total. The molecule has 4 atom stereocenters. The number of aromatic amines is 1. The smallest absolute Gasteiger partial charge is 0.326 e. The van der Waals surface area contributed by atoms with Crippen molar-refractivity contribution < 1.29 is 24.6 Å². The molecule has 1 heterocycles. The van der Waals surface area contributed by atoms with E-state index in [2.05, 4.69) is 15.6 Å². The molecule has 0 aliphatic rings. The van der Waals surface area contributed by atoms with Crippen LogP contribution in [0, 0.1) is 0 Å². The van der Waals surface area contributed by atoms with E-state index in [1.165, 1.54) is 13.8 Å². The third-order valence-corrected chi connectivity index (χ3v) is 4.19. The number of carboxylic acids is 1. The summed E-state index contributed by atoms with van der Waals surface area (Å²) in [5.41, 5.74) is 7.04. The Kier molecular flexibility index (Phi) is 6.54. The lowest BCUT2D eigenvalue weighted by Gasteiger charge is -2.24. The largest absolute Gasteiger partial charge is 0.480 e. The number of aromatic nitrogens is 1. The number of benzene rings is 1. The SMILES string of the molecule is CC(N)C(=O)NC(C(=O)NC(Cc1c[nH]c2ccccc12)C(=O)O)C(C)O. The molecule has 9 heteroatoms. The normalized spacial score (nSPS) is 15.6. The van der Waals surface area contributed by atoms with Crippen molar-refractivity contribution in [1.29, 1.82) is 0 Å². The highest BCUT2D eigenvalue weighted by Crippen LogP contribution is 2.19. The van der Waals surface area contributed by atoms with Gasteiger partial charge < -0.3 is 31.6 Å². The number of aliphatic carboxylic acids is 1. The van der Waals surface area contributed by atoms with Crippen LogP contribution in [0.4, 0.5) is 0 Å². The molecular weight excluding hydrogens is 352 g/mol. The van der Waals surface area contributed by atoms with E-state index in [1.807, 2.05) is 24.3 Å². The number of hydrogen-bond acceptors (Lipinski definition) is 5. The van der Waals surface area contributed by atoms with Crippen LogP contribution in [-0.2, 0) is 20.8 Å². The number of amides is 2. The topological polar surface area (TPSA) is 158 Å². The van der Waals surface area contributed by atoms with Crippen LogP contribution in [0.15, 0.2) is 30.5 Å². The van der Waals surface area contributed by atoms with Gasteiger partial charge in [0, 0.05) is 23.5 Å². The van der Waals surface area contributed by atoms with Crippen LogP contribution < -0.4 is 16.4 Å². The van der Waals surface area contributed by atoms with Gasteiger partial charge >= 0.3 is 5.97 Å². The van der Waals surface area contributed by atoms with E-state index in [0.29, 0.717) is 0 Å². The molecule has 0 fully saturated rings. The molecule has 0 saturated carbocycles. The summed E-state index contributed by atoms with van der Waals surface area (Å²) in [7, 11) is 0. The van der Waals surface area contributed by atoms with E-state index < -0.39 is 42.0 Å². The first-order valence-electron chi connectivity index (χ1n) is 8.53. The first-order valence-corrected chi connectivity index (χ1v) is 8.53. The van der Waals surface area contributed by atoms with Gasteiger partial charge in [0.1, 0.15) is 12.1 Å². The molecule has 27 heavy (non-hydrogen) atoms. The highest BCUT2D eigenvalue weighted by molar-refractivity contribution is 5.92. The van der Waals surface area contributed by atoms with E-state index in [-0.39, 0.29) is 6.42 Å². The quantitative estimate of drug-likeness (QED) is 0.364. The molecule has 2 aromatic rings. The van der Waals surface area contributed by atoms with Crippen molar-refractivity contribution in [3.63, 3.8) is 0 Å². The molecule has 2 amide bonds. The maximum atomic E-state index is 12.5. The number of rotatable bonds is 8. The number of carbonyl (C=O) groups excluding carboxylic acids is 2. The Morgan fingerprint density at radius 1 is 1.15 bits per heavy atom. The lowest BCUT2D eigenvalue weighted by atomic mass is 10.0. The second-order valence-corrected chi connectivity index (χ2v) is 6.48. The summed E-state index contributed by atoms with van der Waals surface area (Å²) in [5, 5.41) is 24.8. The van der Waals surface area contributed by atoms with Gasteiger partial charge in [0.15, 0.2) is 0 Å². The highest BCUT2D eigenvalue weighted by atomic mass is 16.4. The zero-order chi connectivity index (χ0) is 20.1. The van der Waals surface area contributed by atoms with E-state index >= 15 is 0 Å². The fraction of sp³-hybridized carbons (Fsp3) is 0.389. The van der Waals surface area contributed by atoms with Crippen LogP contribution in [0.1, 0.15) is 19.4 Å². The molecule has 2 rings (SSSR count). The van der Waals surface area contributed by atoms with Crippen molar-refractivity contribution in [2.75, 3.05) is 0 Å². The number of aliphatic hydroxyl groups excluding tert-OH is 1. The Hall–Kier alpha value is -2.91. The van der Waals surface area contributed by atoms with Crippen LogP contribution >= 0.6 is 0 Å². The maximum Gasteiger partial charge on any atom is 0.326 e. The first kappa shape index (κ1) is 20.4. The predicted octanol–water partition coefficient (Wildman–Crippen LogP) is -0.507. The fourth-order valence-electron chi connectivity index (χ4n) is 2.67. The van der Waals surface area contributed by atoms with Crippen molar-refractivity contribution >= 4 is 28.7 Å². The number of nitrogens with two attached hydrogens (primary N) is 1. The van der Waals surface area contributed by atoms with Crippen molar-refractivity contribution in [3.05, 3.63) is 36.0 Å². The van der Waals surface area contributed by atoms with Crippen molar-refractivity contribution in [2.45, 2.75) is 44.5 Å². The summed E-state index contributed by atoms with van der Waals surface area (Å²) in [6.45, 7) is 2.75. The summed E-state index contributed by atoms with van der Waals surface area (Å²) in [6, 6.07) is 3.98. The zero-order valence-electron chi connectivity index (χ0n) is 15.1. The Morgan fingerprint density at radius 2 is 1.81 bits per heavy atom. The monoisotopic (exact) mass is 376 g/mol. The molecular formula is C18H24N4O5. The molecule has 0 spiro atoms. The average molecular weight is 376 g/mol. The lowest BCUT2D eigenvalue weighted by Crippen LogP contribution is -2.58. The Labute approximate surface area is 155 Å². The van der Waals surface area contributed by atoms with Gasteiger partial charge in [-0.3, -0.25) is 9.59 Å². The molecule has 4 unspecified atom stereocenters. The molecule has 0 radical (unpaired) electrons. The van der Waals surface area contributed by atoms with Gasteiger partial charge in [-0.15, -0.1) is 0 Å². The molecule has 0 aliphatic heterocycles. The minimum Gasteiger partial charge on any atom is -0.480 e. The minimum atomic E-state index is -1.31. The van der Waals surface area contributed by atoms with Gasteiger partial charge in [0.05, 0.1) is 12.1 Å². The molecule has 146 valence electrons. The average Bonchev–Trinajstić information content (AvgIpc) is 3.01. The molecule has 0 saturated heterocycles. The van der Waals surface area contributed by atoms with Gasteiger partial charge in [-0.1, -0.05) is 18.2 Å². The summed E-state index contributed by atoms with van der Waals surface area (Å²) in [6.07, 6.45) is 0.505. The number of nitrogens with one attached hydrogen (secondary N) is 3. The zero-order valence-corrected chi connectivity index (χ0v) is 15.1. The van der Waals surface area contributed by atoms with Crippen LogP contribution in [0.5, 0.6) is 0 Å². The number of para-hydroxylation sites is 1. The van der Waals surface area contributed by atoms with Gasteiger partial charge in [0.25, 0.3) is 0 Å². The molecule has 9 nitrogen and oxygen atoms in total. The second-order valence-electron chi connectivity index (χ2n) is 6.48. The first-order chi connectivity index (χ1) is 12.7. The minimum absolute atomic E-state index is 0.0405. The van der Waals surface area contributed by atoms with Gasteiger partial charge in [0.2, 0.25) is 11.8 Å². The van der Waals surface area contributed by atoms with E-state index in [9.17, 15) is 24.6 Å². The number of fused-ring (bicyclic) bond motifs is 1. The fourth-order valence-corrected chi connectivity index (χ4v) is 2.67. The summed E-state index contributed by atoms with van der Waals surface area (Å²) >= 11 is 0. The molecule has 1 aromatic heterocycles. The van der Waals surface area contributed by atoms with Crippen LogP contribution in [-0.4, -0.2) is 57.2 Å². The van der Waals surface area contributed by atoms with Crippen molar-refractivity contribution in [3.8, 4) is 0 Å². The van der Waals surface area contributed by atoms with Gasteiger partial charge in [-0.2, -0.15) is 0 Å². The van der Waals surface area contributed by atoms with Crippen LogP contribution in [0.2, 0.25) is 0 Å². The maximum absolute atomic E-state index is 12.5. The van der Waals surface area contributed by atoms with E-state index in [4.69, 9.17) is 5.73 Å². The predicted molar refractivity (Wildman–Crippen MR) is 98.8 cm³/mol. The standard InChI is InChI=1S/C18H24N4O5/c1-9(19)16(24)22-15(10(2)23)17(25)21-14(18(26)27)7-11-8-20-13-6-4-3-5-12(11)13/h3-6,8-10,14-15,20,23H,7,19H2,1-2H3,(H,21,25)(H,22,24)(H,26,27). The van der Waals surface area contributed by atoms with Crippen LogP contribution in [0.25, 0.3) is 10.9 Å². The summed E-state index contributed by atoms with van der Waals surface area (Å²) in [5.74, 6) is -2.65. The third kappa shape index (κ3) is 5.05. The number of aliphatic hydroxyl groups is 1. The van der Waals surface area contributed by atoms with Crippen LogP contribution in [0.3, 0.4) is 0 Å². The van der Waals surface area contributed by atoms with Crippen molar-refractivity contribution in [1.82, 2.24) is 15.6 Å². The Balaban J connectivity index is 2.15. The summed E-state index contributed by atoms with van der Waals surface area (Å²) < 4.78 is 0.